The van der Waals surface area contributed by atoms with Crippen LogP contribution in [0.15, 0.2) is 35.6 Å². The van der Waals surface area contributed by atoms with E-state index in [-0.39, 0.29) is 35.7 Å². The van der Waals surface area contributed by atoms with Crippen molar-refractivity contribution in [2.24, 2.45) is 10.7 Å². The summed E-state index contributed by atoms with van der Waals surface area (Å²) < 4.78 is 46.7. The normalized spacial score (nSPS) is 24.0. The number of methoxy groups -OCH3 is 1. The van der Waals surface area contributed by atoms with Gasteiger partial charge in [-0.1, -0.05) is 0 Å². The van der Waals surface area contributed by atoms with Gasteiger partial charge in [0.2, 0.25) is 5.88 Å². The first-order chi connectivity index (χ1) is 13.7. The Morgan fingerprint density at radius 1 is 1.31 bits per heavy atom. The van der Waals surface area contributed by atoms with Gasteiger partial charge in [-0.3, -0.25) is 9.79 Å². The zero-order valence-corrected chi connectivity index (χ0v) is 15.9. The summed E-state index contributed by atoms with van der Waals surface area (Å²) in [6, 6.07) is 3.92. The van der Waals surface area contributed by atoms with E-state index in [1.807, 2.05) is 0 Å². The van der Waals surface area contributed by atoms with Crippen molar-refractivity contribution in [1.82, 2.24) is 9.97 Å². The van der Waals surface area contributed by atoms with Crippen molar-refractivity contribution in [2.45, 2.75) is 31.0 Å². The van der Waals surface area contributed by atoms with Gasteiger partial charge >= 0.3 is 0 Å². The molecule has 1 aliphatic heterocycles. The van der Waals surface area contributed by atoms with E-state index < -0.39 is 35.4 Å². The standard InChI is InChI=1S/C19H20F3N5O2/c1-18(5-6-19(22,10-20)17(23)27-18)12-7-11(3-4-13(12)21)26-16(28)14-8-25-15(29-2)9-24-14/h3-4,7-9H,5-6,10H2,1-2H3,(H2,23,27)(H,26,28)/t18-,19+/m0/s1. The van der Waals surface area contributed by atoms with Crippen molar-refractivity contribution in [3.63, 3.8) is 0 Å². The summed E-state index contributed by atoms with van der Waals surface area (Å²) in [6.07, 6.45) is 2.35. The second kappa shape index (κ2) is 7.69. The smallest absolute Gasteiger partial charge is 0.275 e. The number of alkyl halides is 2. The zero-order chi connectivity index (χ0) is 21.2. The molecule has 1 aliphatic rings. The molecule has 2 heterocycles. The van der Waals surface area contributed by atoms with E-state index in [4.69, 9.17) is 10.5 Å². The monoisotopic (exact) mass is 407 g/mol. The summed E-state index contributed by atoms with van der Waals surface area (Å²) in [7, 11) is 1.42. The number of halogens is 3. The quantitative estimate of drug-likeness (QED) is 0.793. The van der Waals surface area contributed by atoms with E-state index in [1.165, 1.54) is 31.6 Å². The van der Waals surface area contributed by atoms with Crippen molar-refractivity contribution in [3.05, 3.63) is 47.7 Å². The van der Waals surface area contributed by atoms with E-state index in [0.717, 1.165) is 6.07 Å². The molecule has 10 heteroatoms. The number of carbonyl (C=O) groups excluding carboxylic acids is 1. The zero-order valence-electron chi connectivity index (χ0n) is 15.9. The number of benzene rings is 1. The number of anilines is 1. The molecule has 1 aromatic heterocycles. The lowest BCUT2D eigenvalue weighted by molar-refractivity contribution is 0.102. The fourth-order valence-corrected chi connectivity index (χ4v) is 3.07. The number of rotatable bonds is 5. The number of aliphatic imine (C=N–C) groups is 1. The molecule has 2 aromatic rings. The molecule has 0 bridgehead atoms. The third-order valence-corrected chi connectivity index (χ3v) is 4.92. The summed E-state index contributed by atoms with van der Waals surface area (Å²) in [5, 5.41) is 2.60. The van der Waals surface area contributed by atoms with E-state index >= 15 is 0 Å². The first-order valence-electron chi connectivity index (χ1n) is 8.79. The lowest BCUT2D eigenvalue weighted by Crippen LogP contribution is -2.48. The second-order valence-electron chi connectivity index (χ2n) is 6.96. The average Bonchev–Trinajstić information content (AvgIpc) is 2.72. The Hall–Kier alpha value is -3.17. The Labute approximate surface area is 165 Å². The molecule has 0 fully saturated rings. The van der Waals surface area contributed by atoms with E-state index in [0.29, 0.717) is 0 Å². The lowest BCUT2D eigenvalue weighted by Gasteiger charge is -2.36. The van der Waals surface area contributed by atoms with Crippen molar-refractivity contribution in [2.75, 3.05) is 19.1 Å². The fraction of sp³-hybridized carbons (Fsp3) is 0.368. The largest absolute Gasteiger partial charge is 0.480 e. The van der Waals surface area contributed by atoms with Crippen molar-refractivity contribution in [3.8, 4) is 5.88 Å². The molecule has 29 heavy (non-hydrogen) atoms. The minimum atomic E-state index is -2.34. The van der Waals surface area contributed by atoms with Gasteiger partial charge in [0, 0.05) is 11.3 Å². The summed E-state index contributed by atoms with van der Waals surface area (Å²) in [4.78, 5) is 24.3. The molecule has 7 nitrogen and oxygen atoms in total. The highest BCUT2D eigenvalue weighted by Crippen LogP contribution is 2.41. The van der Waals surface area contributed by atoms with Crippen molar-refractivity contribution < 1.29 is 22.7 Å². The van der Waals surface area contributed by atoms with Crippen LogP contribution >= 0.6 is 0 Å². The molecule has 0 saturated heterocycles. The fourth-order valence-electron chi connectivity index (χ4n) is 3.07. The van der Waals surface area contributed by atoms with Gasteiger partial charge in [0.25, 0.3) is 5.91 Å². The molecule has 2 atom stereocenters. The predicted molar refractivity (Wildman–Crippen MR) is 101 cm³/mol. The van der Waals surface area contributed by atoms with Crippen LogP contribution in [0, 0.1) is 5.82 Å². The number of hydrogen-bond acceptors (Lipinski definition) is 6. The number of amidine groups is 1. The lowest BCUT2D eigenvalue weighted by atomic mass is 9.80. The third kappa shape index (κ3) is 4.01. The van der Waals surface area contributed by atoms with Crippen molar-refractivity contribution >= 4 is 17.4 Å². The number of amides is 1. The van der Waals surface area contributed by atoms with Crippen LogP contribution in [0.25, 0.3) is 0 Å². The van der Waals surface area contributed by atoms with Crippen LogP contribution in [0.1, 0.15) is 35.8 Å². The summed E-state index contributed by atoms with van der Waals surface area (Å²) in [5.41, 5.74) is 2.51. The van der Waals surface area contributed by atoms with Gasteiger partial charge in [0.15, 0.2) is 5.67 Å². The maximum Gasteiger partial charge on any atom is 0.275 e. The van der Waals surface area contributed by atoms with Gasteiger partial charge in [0.1, 0.15) is 24.0 Å². The molecule has 0 unspecified atom stereocenters. The van der Waals surface area contributed by atoms with Crippen LogP contribution in [-0.4, -0.2) is 41.2 Å². The Morgan fingerprint density at radius 3 is 2.66 bits per heavy atom. The Balaban J connectivity index is 1.87. The van der Waals surface area contributed by atoms with Gasteiger partial charge in [-0.2, -0.15) is 0 Å². The Morgan fingerprint density at radius 2 is 2.07 bits per heavy atom. The van der Waals surface area contributed by atoms with Gasteiger partial charge < -0.3 is 15.8 Å². The van der Waals surface area contributed by atoms with Crippen molar-refractivity contribution in [1.29, 1.82) is 0 Å². The molecular formula is C19H20F3N5O2. The van der Waals surface area contributed by atoms with E-state index in [1.54, 1.807) is 6.92 Å². The minimum Gasteiger partial charge on any atom is -0.480 e. The molecule has 154 valence electrons. The first-order valence-corrected chi connectivity index (χ1v) is 8.79. The van der Waals surface area contributed by atoms with E-state index in [9.17, 15) is 18.0 Å². The number of hydrogen-bond donors (Lipinski definition) is 2. The number of ether oxygens (including phenoxy) is 1. The predicted octanol–water partition coefficient (Wildman–Crippen LogP) is 2.92. The van der Waals surface area contributed by atoms with E-state index in [2.05, 4.69) is 20.3 Å². The second-order valence-corrected chi connectivity index (χ2v) is 6.96. The SMILES string of the molecule is COc1cnc(C(=O)Nc2ccc(F)c([C@]3(C)CC[C@@](F)(CF)C(N)=N3)c2)cn1. The molecule has 3 rings (SSSR count). The Bertz CT molecular complexity index is 953. The number of aromatic nitrogens is 2. The van der Waals surface area contributed by atoms with Gasteiger partial charge in [-0.05, 0) is 38.0 Å². The minimum absolute atomic E-state index is 0.0352. The highest BCUT2D eigenvalue weighted by Gasteiger charge is 2.44. The molecule has 1 amide bonds. The molecule has 0 aliphatic carbocycles. The molecule has 3 N–H and O–H groups in total. The molecule has 0 radical (unpaired) electrons. The summed E-state index contributed by atoms with van der Waals surface area (Å²) in [6.45, 7) is 0.288. The number of nitrogens with two attached hydrogens (primary N) is 1. The van der Waals surface area contributed by atoms with Crippen LogP contribution < -0.4 is 15.8 Å². The van der Waals surface area contributed by atoms with Crippen LogP contribution in [0.2, 0.25) is 0 Å². The van der Waals surface area contributed by atoms with Crippen LogP contribution in [-0.2, 0) is 5.54 Å². The summed E-state index contributed by atoms with van der Waals surface area (Å²) in [5.74, 6) is -1.41. The van der Waals surface area contributed by atoms with Gasteiger partial charge in [0.05, 0.1) is 25.0 Å². The van der Waals surface area contributed by atoms with Gasteiger partial charge in [-0.15, -0.1) is 0 Å². The molecule has 0 saturated carbocycles. The van der Waals surface area contributed by atoms with Crippen LogP contribution in [0.3, 0.4) is 0 Å². The topological polar surface area (TPSA) is 102 Å². The number of nitrogens with one attached hydrogen (secondary N) is 1. The first kappa shape index (κ1) is 20.6. The Kier molecular flexibility index (Phi) is 5.45. The van der Waals surface area contributed by atoms with Crippen LogP contribution in [0.5, 0.6) is 5.88 Å². The maximum absolute atomic E-state index is 14.5. The highest BCUT2D eigenvalue weighted by molar-refractivity contribution is 6.02. The van der Waals surface area contributed by atoms with Crippen LogP contribution in [0.4, 0.5) is 18.9 Å². The summed E-state index contributed by atoms with van der Waals surface area (Å²) >= 11 is 0. The average molecular weight is 407 g/mol. The molecular weight excluding hydrogens is 387 g/mol. The third-order valence-electron chi connectivity index (χ3n) is 4.92. The number of carbonyl (C=O) groups is 1. The number of nitrogens with zero attached hydrogens (tertiary/aromatic N) is 3. The maximum atomic E-state index is 14.5. The van der Waals surface area contributed by atoms with Gasteiger partial charge in [-0.25, -0.2) is 23.1 Å². The molecule has 0 spiro atoms. The molecule has 1 aromatic carbocycles. The highest BCUT2D eigenvalue weighted by atomic mass is 19.2.